The SMILES string of the molecule is CN(C)S(=O)(=O)N1Cc2ccnn2CC(Oc2ccc(C#N)cn2)C1. The van der Waals surface area contributed by atoms with Gasteiger partial charge in [-0.25, -0.2) is 4.98 Å². The lowest BCUT2D eigenvalue weighted by molar-refractivity contribution is 0.149. The molecule has 25 heavy (non-hydrogen) atoms. The van der Waals surface area contributed by atoms with E-state index < -0.39 is 16.3 Å². The molecule has 0 saturated carbocycles. The molecule has 0 amide bonds. The van der Waals surface area contributed by atoms with E-state index in [0.717, 1.165) is 5.69 Å². The minimum absolute atomic E-state index is 0.172. The van der Waals surface area contributed by atoms with Crippen molar-refractivity contribution in [2.75, 3.05) is 20.6 Å². The Kier molecular flexibility index (Phi) is 4.71. The van der Waals surface area contributed by atoms with Crippen molar-refractivity contribution in [2.45, 2.75) is 19.2 Å². The summed E-state index contributed by atoms with van der Waals surface area (Å²) in [7, 11) is -0.606. The summed E-state index contributed by atoms with van der Waals surface area (Å²) in [6, 6.07) is 6.98. The van der Waals surface area contributed by atoms with Crippen LogP contribution in [0.3, 0.4) is 0 Å². The molecule has 0 spiro atoms. The predicted octanol–water partition coefficient (Wildman–Crippen LogP) is 0.219. The van der Waals surface area contributed by atoms with Crippen LogP contribution in [0.1, 0.15) is 11.3 Å². The van der Waals surface area contributed by atoms with E-state index in [1.807, 2.05) is 6.07 Å². The highest BCUT2D eigenvalue weighted by Crippen LogP contribution is 2.19. The van der Waals surface area contributed by atoms with E-state index in [2.05, 4.69) is 10.1 Å². The molecule has 1 aliphatic rings. The summed E-state index contributed by atoms with van der Waals surface area (Å²) in [6.45, 7) is 0.802. The van der Waals surface area contributed by atoms with Gasteiger partial charge >= 0.3 is 0 Å². The number of ether oxygens (including phenoxy) is 1. The van der Waals surface area contributed by atoms with E-state index in [0.29, 0.717) is 18.0 Å². The summed E-state index contributed by atoms with van der Waals surface area (Å²) < 4.78 is 35.3. The van der Waals surface area contributed by atoms with Crippen molar-refractivity contribution in [3.8, 4) is 11.9 Å². The first-order valence-corrected chi connectivity index (χ1v) is 9.01. The third-order valence-corrected chi connectivity index (χ3v) is 5.72. The van der Waals surface area contributed by atoms with Crippen LogP contribution in [-0.2, 0) is 23.3 Å². The third kappa shape index (κ3) is 3.63. The molecule has 0 bridgehead atoms. The Morgan fingerprint density at radius 1 is 1.32 bits per heavy atom. The Hall–Kier alpha value is -2.48. The van der Waals surface area contributed by atoms with Gasteiger partial charge in [0.05, 0.1) is 30.9 Å². The van der Waals surface area contributed by atoms with Crippen LogP contribution in [-0.4, -0.2) is 58.5 Å². The standard InChI is InChI=1S/C15H18N6O3S/c1-19(2)25(22,23)20-9-13-5-6-18-21(13)11-14(10-20)24-15-4-3-12(7-16)8-17-15/h3-6,8,14H,9-11H2,1-2H3. The highest BCUT2D eigenvalue weighted by atomic mass is 32.2. The van der Waals surface area contributed by atoms with Crippen molar-refractivity contribution >= 4 is 10.2 Å². The normalized spacial score (nSPS) is 18.4. The maximum Gasteiger partial charge on any atom is 0.281 e. The molecule has 9 nitrogen and oxygen atoms in total. The molecule has 2 aromatic rings. The zero-order valence-electron chi connectivity index (χ0n) is 13.9. The molecule has 0 aliphatic carbocycles. The van der Waals surface area contributed by atoms with Crippen molar-refractivity contribution in [2.24, 2.45) is 0 Å². The second-order valence-corrected chi connectivity index (χ2v) is 7.97. The molecule has 0 saturated heterocycles. The fourth-order valence-corrected chi connectivity index (χ4v) is 3.66. The zero-order chi connectivity index (χ0) is 18.0. The van der Waals surface area contributed by atoms with E-state index in [4.69, 9.17) is 10.00 Å². The van der Waals surface area contributed by atoms with Gasteiger partial charge in [0.2, 0.25) is 5.88 Å². The van der Waals surface area contributed by atoms with Gasteiger partial charge in [0, 0.05) is 32.6 Å². The second-order valence-electron chi connectivity index (χ2n) is 5.82. The Bertz CT molecular complexity index is 885. The average Bonchev–Trinajstić information content (AvgIpc) is 2.94. The molecular formula is C15H18N6O3S. The lowest BCUT2D eigenvalue weighted by Crippen LogP contribution is -2.44. The summed E-state index contributed by atoms with van der Waals surface area (Å²) in [6.07, 6.45) is 2.59. The Labute approximate surface area is 146 Å². The van der Waals surface area contributed by atoms with E-state index in [1.165, 1.54) is 28.9 Å². The Balaban J connectivity index is 1.87. The number of aromatic nitrogens is 3. The van der Waals surface area contributed by atoms with E-state index in [1.54, 1.807) is 29.1 Å². The number of fused-ring (bicyclic) bond motifs is 1. The summed E-state index contributed by atoms with van der Waals surface area (Å²) in [5, 5.41) is 13.1. The molecule has 0 fully saturated rings. The summed E-state index contributed by atoms with van der Waals surface area (Å²) in [5.41, 5.74) is 1.23. The molecule has 2 aromatic heterocycles. The van der Waals surface area contributed by atoms with Crippen molar-refractivity contribution in [3.05, 3.63) is 41.9 Å². The van der Waals surface area contributed by atoms with Crippen LogP contribution < -0.4 is 4.74 Å². The lowest BCUT2D eigenvalue weighted by Gasteiger charge is -2.26. The number of nitriles is 1. The molecule has 10 heteroatoms. The van der Waals surface area contributed by atoms with Crippen LogP contribution in [0.15, 0.2) is 30.6 Å². The molecule has 132 valence electrons. The maximum atomic E-state index is 12.6. The first-order valence-electron chi connectivity index (χ1n) is 7.61. The van der Waals surface area contributed by atoms with E-state index in [9.17, 15) is 8.42 Å². The van der Waals surface area contributed by atoms with Gasteiger partial charge in [0.1, 0.15) is 12.2 Å². The molecule has 3 heterocycles. The van der Waals surface area contributed by atoms with Gasteiger partial charge < -0.3 is 4.74 Å². The minimum atomic E-state index is -3.60. The molecular weight excluding hydrogens is 344 g/mol. The van der Waals surface area contributed by atoms with Crippen molar-refractivity contribution in [1.82, 2.24) is 23.4 Å². The van der Waals surface area contributed by atoms with Crippen LogP contribution in [0.4, 0.5) is 0 Å². The van der Waals surface area contributed by atoms with Crippen molar-refractivity contribution < 1.29 is 13.2 Å². The van der Waals surface area contributed by atoms with Crippen LogP contribution >= 0.6 is 0 Å². The van der Waals surface area contributed by atoms with Gasteiger partial charge in [-0.15, -0.1) is 0 Å². The van der Waals surface area contributed by atoms with Crippen LogP contribution in [0.5, 0.6) is 5.88 Å². The summed E-state index contributed by atoms with van der Waals surface area (Å²) >= 11 is 0. The lowest BCUT2D eigenvalue weighted by atomic mass is 10.3. The van der Waals surface area contributed by atoms with Crippen molar-refractivity contribution in [1.29, 1.82) is 5.26 Å². The molecule has 1 atom stereocenters. The van der Waals surface area contributed by atoms with Crippen LogP contribution in [0.25, 0.3) is 0 Å². The van der Waals surface area contributed by atoms with E-state index in [-0.39, 0.29) is 13.1 Å². The highest BCUT2D eigenvalue weighted by Gasteiger charge is 2.32. The van der Waals surface area contributed by atoms with Crippen LogP contribution in [0, 0.1) is 11.3 Å². The van der Waals surface area contributed by atoms with Gasteiger partial charge in [-0.05, 0) is 12.1 Å². The Morgan fingerprint density at radius 3 is 2.76 bits per heavy atom. The molecule has 0 radical (unpaired) electrons. The molecule has 1 unspecified atom stereocenters. The number of pyridine rings is 1. The van der Waals surface area contributed by atoms with Gasteiger partial charge in [-0.3, -0.25) is 4.68 Å². The first kappa shape index (κ1) is 17.3. The van der Waals surface area contributed by atoms with Crippen LogP contribution in [0.2, 0.25) is 0 Å². The zero-order valence-corrected chi connectivity index (χ0v) is 14.7. The minimum Gasteiger partial charge on any atom is -0.471 e. The predicted molar refractivity (Wildman–Crippen MR) is 88.6 cm³/mol. The van der Waals surface area contributed by atoms with Gasteiger partial charge in [0.25, 0.3) is 10.2 Å². The largest absolute Gasteiger partial charge is 0.471 e. The van der Waals surface area contributed by atoms with Gasteiger partial charge in [0.15, 0.2) is 0 Å². The van der Waals surface area contributed by atoms with Gasteiger partial charge in [-0.2, -0.15) is 27.4 Å². The number of rotatable bonds is 4. The molecule has 0 N–H and O–H groups in total. The van der Waals surface area contributed by atoms with E-state index >= 15 is 0 Å². The number of hydrogen-bond donors (Lipinski definition) is 0. The van der Waals surface area contributed by atoms with Crippen molar-refractivity contribution in [3.63, 3.8) is 0 Å². The number of nitrogens with zero attached hydrogens (tertiary/aromatic N) is 6. The third-order valence-electron chi connectivity index (χ3n) is 3.87. The fourth-order valence-electron chi connectivity index (χ4n) is 2.55. The first-order chi connectivity index (χ1) is 11.9. The smallest absolute Gasteiger partial charge is 0.281 e. The average molecular weight is 362 g/mol. The Morgan fingerprint density at radius 2 is 2.12 bits per heavy atom. The highest BCUT2D eigenvalue weighted by molar-refractivity contribution is 7.86. The quantitative estimate of drug-likeness (QED) is 0.770. The molecule has 3 rings (SSSR count). The summed E-state index contributed by atoms with van der Waals surface area (Å²) in [4.78, 5) is 4.09. The summed E-state index contributed by atoms with van der Waals surface area (Å²) in [5.74, 6) is 0.335. The van der Waals surface area contributed by atoms with Gasteiger partial charge in [-0.1, -0.05) is 0 Å². The second kappa shape index (κ2) is 6.79. The topological polar surface area (TPSA) is 104 Å². The number of hydrogen-bond acceptors (Lipinski definition) is 6. The monoisotopic (exact) mass is 362 g/mol. The molecule has 1 aliphatic heterocycles. The molecule has 0 aromatic carbocycles. The maximum absolute atomic E-state index is 12.6. The fraction of sp³-hybridized carbons (Fsp3) is 0.400.